The molecule has 0 saturated heterocycles. The number of carbonyl (C=O) groups is 1. The molecule has 1 aliphatic heterocycles. The molecule has 5 nitrogen and oxygen atoms in total. The molecule has 22 heavy (non-hydrogen) atoms. The first-order chi connectivity index (χ1) is 10.4. The van der Waals surface area contributed by atoms with E-state index in [4.69, 9.17) is 0 Å². The summed E-state index contributed by atoms with van der Waals surface area (Å²) in [6, 6.07) is 10.2. The highest BCUT2D eigenvalue weighted by Gasteiger charge is 2.28. The zero-order chi connectivity index (χ0) is 15.7. The molecule has 1 aromatic heterocycles. The average molecular weight is 298 g/mol. The zero-order valence-corrected chi connectivity index (χ0v) is 13.3. The third-order valence-electron chi connectivity index (χ3n) is 4.00. The van der Waals surface area contributed by atoms with Crippen molar-refractivity contribution in [1.82, 2.24) is 20.1 Å². The summed E-state index contributed by atoms with van der Waals surface area (Å²) in [7, 11) is 0. The lowest BCUT2D eigenvalue weighted by Gasteiger charge is -2.28. The number of amides is 1. The van der Waals surface area contributed by atoms with Crippen LogP contribution < -0.4 is 5.32 Å². The number of nitrogens with zero attached hydrogens (tertiary/aromatic N) is 3. The molecule has 1 N–H and O–H groups in total. The van der Waals surface area contributed by atoms with Crippen molar-refractivity contribution in [2.75, 3.05) is 0 Å². The lowest BCUT2D eigenvalue weighted by atomic mass is 9.94. The van der Waals surface area contributed by atoms with E-state index in [1.54, 1.807) is 0 Å². The van der Waals surface area contributed by atoms with Gasteiger partial charge in [-0.3, -0.25) is 4.79 Å². The van der Waals surface area contributed by atoms with Gasteiger partial charge in [0, 0.05) is 30.0 Å². The van der Waals surface area contributed by atoms with Gasteiger partial charge in [-0.1, -0.05) is 51.1 Å². The van der Waals surface area contributed by atoms with Gasteiger partial charge in [0.2, 0.25) is 5.91 Å². The highest BCUT2D eigenvalue weighted by molar-refractivity contribution is 5.81. The molecule has 1 amide bonds. The van der Waals surface area contributed by atoms with Gasteiger partial charge in [-0.25, -0.2) is 0 Å². The maximum atomic E-state index is 12.2. The van der Waals surface area contributed by atoms with Crippen LogP contribution in [0.5, 0.6) is 0 Å². The predicted molar refractivity (Wildman–Crippen MR) is 85.2 cm³/mol. The van der Waals surface area contributed by atoms with Crippen molar-refractivity contribution in [3.05, 3.63) is 36.2 Å². The van der Waals surface area contributed by atoms with Crippen molar-refractivity contribution in [3.63, 3.8) is 0 Å². The van der Waals surface area contributed by atoms with Gasteiger partial charge in [-0.05, 0) is 6.42 Å². The molecule has 1 unspecified atom stereocenters. The Morgan fingerprint density at radius 2 is 1.95 bits per heavy atom. The van der Waals surface area contributed by atoms with Crippen LogP contribution in [0.25, 0.3) is 11.4 Å². The lowest BCUT2D eigenvalue weighted by Crippen LogP contribution is -2.45. The van der Waals surface area contributed by atoms with E-state index in [0.717, 1.165) is 36.6 Å². The van der Waals surface area contributed by atoms with Crippen LogP contribution in [-0.2, 0) is 17.8 Å². The Labute approximate surface area is 130 Å². The van der Waals surface area contributed by atoms with Crippen LogP contribution in [0, 0.1) is 5.41 Å². The summed E-state index contributed by atoms with van der Waals surface area (Å²) in [6.45, 7) is 6.54. The number of nitrogens with one attached hydrogen (secondary N) is 1. The van der Waals surface area contributed by atoms with E-state index >= 15 is 0 Å². The molecular formula is C17H22N4O. The number of fused-ring (bicyclic) bond motifs is 1. The number of carbonyl (C=O) groups excluding carboxylic acids is 1. The molecule has 2 aromatic rings. The summed E-state index contributed by atoms with van der Waals surface area (Å²) in [5.41, 5.74) is 0.694. The van der Waals surface area contributed by atoms with Crippen LogP contribution in [-0.4, -0.2) is 26.7 Å². The standard InChI is InChI=1S/C17H22N4O/c1-17(2,3)16(22)18-13-9-10-14-19-20-15(21(14)11-13)12-7-5-4-6-8-12/h4-8,13H,9-11H2,1-3H3,(H,18,22). The van der Waals surface area contributed by atoms with Crippen LogP contribution in [0.4, 0.5) is 0 Å². The second-order valence-electron chi connectivity index (χ2n) is 6.88. The molecule has 0 aliphatic carbocycles. The highest BCUT2D eigenvalue weighted by atomic mass is 16.2. The minimum Gasteiger partial charge on any atom is -0.351 e. The number of rotatable bonds is 2. The van der Waals surface area contributed by atoms with Crippen molar-refractivity contribution in [2.45, 2.75) is 46.2 Å². The molecule has 1 aliphatic rings. The third-order valence-corrected chi connectivity index (χ3v) is 4.00. The minimum atomic E-state index is -0.365. The molecule has 1 atom stereocenters. The molecule has 0 radical (unpaired) electrons. The van der Waals surface area contributed by atoms with E-state index in [1.165, 1.54) is 0 Å². The fourth-order valence-electron chi connectivity index (χ4n) is 2.65. The Morgan fingerprint density at radius 1 is 1.23 bits per heavy atom. The summed E-state index contributed by atoms with van der Waals surface area (Å²) in [6.07, 6.45) is 1.75. The van der Waals surface area contributed by atoms with Gasteiger partial charge in [-0.15, -0.1) is 10.2 Å². The number of benzene rings is 1. The molecule has 116 valence electrons. The van der Waals surface area contributed by atoms with Gasteiger partial charge >= 0.3 is 0 Å². The Balaban J connectivity index is 1.81. The predicted octanol–water partition coefficient (Wildman–Crippen LogP) is 2.42. The van der Waals surface area contributed by atoms with Gasteiger partial charge in [-0.2, -0.15) is 0 Å². The fourth-order valence-corrected chi connectivity index (χ4v) is 2.65. The van der Waals surface area contributed by atoms with Crippen molar-refractivity contribution in [2.24, 2.45) is 5.41 Å². The zero-order valence-electron chi connectivity index (χ0n) is 13.3. The Hall–Kier alpha value is -2.17. The summed E-state index contributed by atoms with van der Waals surface area (Å²) < 4.78 is 2.13. The van der Waals surface area contributed by atoms with E-state index in [2.05, 4.69) is 20.1 Å². The van der Waals surface area contributed by atoms with Crippen molar-refractivity contribution < 1.29 is 4.79 Å². The SMILES string of the molecule is CC(C)(C)C(=O)NC1CCc2nnc(-c3ccccc3)n2C1. The Bertz CT molecular complexity index is 670. The largest absolute Gasteiger partial charge is 0.351 e. The smallest absolute Gasteiger partial charge is 0.225 e. The van der Waals surface area contributed by atoms with E-state index < -0.39 is 0 Å². The first kappa shape index (κ1) is 14.8. The van der Waals surface area contributed by atoms with Gasteiger partial charge in [0.25, 0.3) is 0 Å². The number of hydrogen-bond acceptors (Lipinski definition) is 3. The first-order valence-electron chi connectivity index (χ1n) is 7.73. The number of aryl methyl sites for hydroxylation is 1. The molecule has 0 spiro atoms. The molecule has 0 bridgehead atoms. The van der Waals surface area contributed by atoms with Crippen LogP contribution >= 0.6 is 0 Å². The van der Waals surface area contributed by atoms with Gasteiger partial charge in [0.05, 0.1) is 0 Å². The molecular weight excluding hydrogens is 276 g/mol. The van der Waals surface area contributed by atoms with Crippen LogP contribution in [0.2, 0.25) is 0 Å². The first-order valence-corrected chi connectivity index (χ1v) is 7.73. The molecule has 3 rings (SSSR count). The van der Waals surface area contributed by atoms with Crippen molar-refractivity contribution >= 4 is 5.91 Å². The molecule has 5 heteroatoms. The summed E-state index contributed by atoms with van der Waals surface area (Å²) in [4.78, 5) is 12.2. The fraction of sp³-hybridized carbons (Fsp3) is 0.471. The third kappa shape index (κ3) is 2.89. The highest BCUT2D eigenvalue weighted by Crippen LogP contribution is 2.23. The maximum absolute atomic E-state index is 12.2. The topological polar surface area (TPSA) is 59.8 Å². The lowest BCUT2D eigenvalue weighted by molar-refractivity contribution is -0.129. The molecule has 2 heterocycles. The van der Waals surface area contributed by atoms with E-state index in [0.29, 0.717) is 0 Å². The average Bonchev–Trinajstić information content (AvgIpc) is 2.90. The normalized spacial score (nSPS) is 17.9. The van der Waals surface area contributed by atoms with Gasteiger partial charge < -0.3 is 9.88 Å². The summed E-state index contributed by atoms with van der Waals surface area (Å²) >= 11 is 0. The Kier molecular flexibility index (Phi) is 3.72. The van der Waals surface area contributed by atoms with E-state index in [9.17, 15) is 4.79 Å². The summed E-state index contributed by atoms with van der Waals surface area (Å²) in [5, 5.41) is 11.8. The van der Waals surface area contributed by atoms with Crippen molar-refractivity contribution in [1.29, 1.82) is 0 Å². The van der Waals surface area contributed by atoms with E-state index in [1.807, 2.05) is 51.1 Å². The number of aromatic nitrogens is 3. The van der Waals surface area contributed by atoms with Gasteiger partial charge in [0.1, 0.15) is 5.82 Å². The van der Waals surface area contributed by atoms with Gasteiger partial charge in [0.15, 0.2) is 5.82 Å². The monoisotopic (exact) mass is 298 g/mol. The second kappa shape index (κ2) is 5.55. The Morgan fingerprint density at radius 3 is 2.64 bits per heavy atom. The summed E-state index contributed by atoms with van der Waals surface area (Å²) in [5.74, 6) is 1.97. The molecule has 0 saturated carbocycles. The van der Waals surface area contributed by atoms with E-state index in [-0.39, 0.29) is 17.4 Å². The molecule has 1 aromatic carbocycles. The van der Waals surface area contributed by atoms with Crippen LogP contribution in [0.15, 0.2) is 30.3 Å². The minimum absolute atomic E-state index is 0.0929. The van der Waals surface area contributed by atoms with Crippen LogP contribution in [0.1, 0.15) is 33.0 Å². The maximum Gasteiger partial charge on any atom is 0.225 e. The number of hydrogen-bond donors (Lipinski definition) is 1. The van der Waals surface area contributed by atoms with Crippen LogP contribution in [0.3, 0.4) is 0 Å². The quantitative estimate of drug-likeness (QED) is 0.926. The van der Waals surface area contributed by atoms with Crippen molar-refractivity contribution in [3.8, 4) is 11.4 Å². The molecule has 0 fully saturated rings. The second-order valence-corrected chi connectivity index (χ2v) is 6.88.